The minimum atomic E-state index is -0.0263. The van der Waals surface area contributed by atoms with Crippen molar-refractivity contribution in [2.24, 2.45) is 10.8 Å². The summed E-state index contributed by atoms with van der Waals surface area (Å²) < 4.78 is 0. The van der Waals surface area contributed by atoms with Gasteiger partial charge in [0.1, 0.15) is 0 Å². The van der Waals surface area contributed by atoms with Gasteiger partial charge in [0.2, 0.25) is 0 Å². The number of nitrogens with two attached hydrogens (primary N) is 1. The van der Waals surface area contributed by atoms with Crippen molar-refractivity contribution in [3.63, 3.8) is 0 Å². The summed E-state index contributed by atoms with van der Waals surface area (Å²) >= 11 is 0. The molecular weight excluding hydrogens is 298 g/mol. The summed E-state index contributed by atoms with van der Waals surface area (Å²) in [5.41, 5.74) is 9.84. The highest BCUT2D eigenvalue weighted by Crippen LogP contribution is 2.18. The van der Waals surface area contributed by atoms with Gasteiger partial charge >= 0.3 is 0 Å². The third-order valence-electron chi connectivity index (χ3n) is 4.12. The molecule has 2 aromatic carbocycles. The third-order valence-corrected chi connectivity index (χ3v) is 4.12. The van der Waals surface area contributed by atoms with E-state index in [2.05, 4.69) is 42.9 Å². The molecular formula is C20H25N3O. The molecule has 0 unspecified atom stereocenters. The van der Waals surface area contributed by atoms with Crippen molar-refractivity contribution in [1.29, 1.82) is 0 Å². The zero-order chi connectivity index (χ0) is 17.5. The molecule has 0 spiro atoms. The first kappa shape index (κ1) is 17.9. The second-order valence-electron chi connectivity index (χ2n) is 5.74. The Labute approximate surface area is 144 Å². The summed E-state index contributed by atoms with van der Waals surface area (Å²) in [6, 6.07) is 15.7. The van der Waals surface area contributed by atoms with Crippen LogP contribution in [0, 0.1) is 13.8 Å². The van der Waals surface area contributed by atoms with Crippen molar-refractivity contribution in [3.05, 3.63) is 70.8 Å². The number of rotatable bonds is 2. The summed E-state index contributed by atoms with van der Waals surface area (Å²) in [5.74, 6) is -0.0263. The molecule has 0 aliphatic carbocycles. The predicted octanol–water partition coefficient (Wildman–Crippen LogP) is 3.52. The Hall–Kier alpha value is -2.46. The lowest BCUT2D eigenvalue weighted by Gasteiger charge is -2.24. The third kappa shape index (κ3) is 4.09. The molecule has 4 heteroatoms. The quantitative estimate of drug-likeness (QED) is 0.919. The Morgan fingerprint density at radius 2 is 1.75 bits per heavy atom. The Balaban J connectivity index is 0.00000100. The van der Waals surface area contributed by atoms with Gasteiger partial charge in [-0.1, -0.05) is 30.3 Å². The molecule has 0 bridgehead atoms. The van der Waals surface area contributed by atoms with Crippen LogP contribution in [-0.4, -0.2) is 30.2 Å². The van der Waals surface area contributed by atoms with Crippen molar-refractivity contribution in [2.45, 2.75) is 26.7 Å². The maximum atomic E-state index is 12.5. The molecule has 0 aromatic heterocycles. The molecule has 1 aliphatic heterocycles. The summed E-state index contributed by atoms with van der Waals surface area (Å²) in [5, 5.41) is 6.20. The van der Waals surface area contributed by atoms with E-state index < -0.39 is 0 Å². The SMILES string of the molecule is CN.Cc1ccc(C2=NN(C(=O)c3ccccc3)CCC2)cc1C. The van der Waals surface area contributed by atoms with E-state index in [1.54, 1.807) is 5.01 Å². The fourth-order valence-electron chi connectivity index (χ4n) is 2.64. The van der Waals surface area contributed by atoms with Crippen LogP contribution in [0.4, 0.5) is 0 Å². The fourth-order valence-corrected chi connectivity index (χ4v) is 2.64. The second kappa shape index (κ2) is 8.41. The molecule has 0 atom stereocenters. The van der Waals surface area contributed by atoms with Gasteiger partial charge in [-0.3, -0.25) is 4.79 Å². The number of benzene rings is 2. The first-order valence-electron chi connectivity index (χ1n) is 8.25. The van der Waals surface area contributed by atoms with Crippen molar-refractivity contribution in [3.8, 4) is 0 Å². The number of aryl methyl sites for hydroxylation is 2. The van der Waals surface area contributed by atoms with Crippen LogP contribution in [0.25, 0.3) is 0 Å². The van der Waals surface area contributed by atoms with E-state index in [-0.39, 0.29) is 5.91 Å². The van der Waals surface area contributed by atoms with Crippen molar-refractivity contribution in [2.75, 3.05) is 13.6 Å². The van der Waals surface area contributed by atoms with Crippen LogP contribution in [0.3, 0.4) is 0 Å². The van der Waals surface area contributed by atoms with E-state index in [1.807, 2.05) is 30.3 Å². The first-order chi connectivity index (χ1) is 11.6. The molecule has 24 heavy (non-hydrogen) atoms. The van der Waals surface area contributed by atoms with Gasteiger partial charge in [0.25, 0.3) is 5.91 Å². The average Bonchev–Trinajstić information content (AvgIpc) is 2.66. The molecule has 0 radical (unpaired) electrons. The summed E-state index contributed by atoms with van der Waals surface area (Å²) in [7, 11) is 1.50. The van der Waals surface area contributed by atoms with Crippen LogP contribution in [0.2, 0.25) is 0 Å². The number of nitrogens with zero attached hydrogens (tertiary/aromatic N) is 2. The molecule has 0 saturated carbocycles. The standard InChI is InChI=1S/C19H20N2O.CH5N/c1-14-10-11-17(13-15(14)2)18-9-6-12-21(20-18)19(22)16-7-4-3-5-8-16;1-2/h3-5,7-8,10-11,13H,6,9,12H2,1-2H3;2H2,1H3. The molecule has 2 N–H and O–H groups in total. The molecule has 1 aliphatic rings. The van der Waals surface area contributed by atoms with Crippen molar-refractivity contribution >= 4 is 11.6 Å². The Bertz CT molecular complexity index is 723. The van der Waals surface area contributed by atoms with Crippen LogP contribution in [-0.2, 0) is 0 Å². The van der Waals surface area contributed by atoms with Gasteiger partial charge in [0.15, 0.2) is 0 Å². The van der Waals surface area contributed by atoms with Gasteiger partial charge in [0, 0.05) is 12.1 Å². The molecule has 1 amide bonds. The minimum absolute atomic E-state index is 0.0263. The van der Waals surface area contributed by atoms with Crippen LogP contribution in [0.1, 0.15) is 39.9 Å². The fraction of sp³-hybridized carbons (Fsp3) is 0.300. The van der Waals surface area contributed by atoms with Crippen LogP contribution < -0.4 is 5.73 Å². The zero-order valence-corrected chi connectivity index (χ0v) is 14.6. The van der Waals surface area contributed by atoms with Gasteiger partial charge in [-0.15, -0.1) is 0 Å². The van der Waals surface area contributed by atoms with E-state index in [4.69, 9.17) is 0 Å². The lowest BCUT2D eigenvalue weighted by Crippen LogP contribution is -2.32. The second-order valence-corrected chi connectivity index (χ2v) is 5.74. The number of hydrogen-bond acceptors (Lipinski definition) is 3. The molecule has 0 saturated heterocycles. The minimum Gasteiger partial charge on any atom is -0.333 e. The predicted molar refractivity (Wildman–Crippen MR) is 99.3 cm³/mol. The van der Waals surface area contributed by atoms with Crippen molar-refractivity contribution < 1.29 is 4.79 Å². The van der Waals surface area contributed by atoms with E-state index in [0.29, 0.717) is 12.1 Å². The smallest absolute Gasteiger partial charge is 0.273 e. The van der Waals surface area contributed by atoms with Crippen molar-refractivity contribution in [1.82, 2.24) is 5.01 Å². The van der Waals surface area contributed by atoms with E-state index >= 15 is 0 Å². The van der Waals surface area contributed by atoms with Gasteiger partial charge in [0.05, 0.1) is 5.71 Å². The Morgan fingerprint density at radius 3 is 2.42 bits per heavy atom. The Kier molecular flexibility index (Phi) is 6.27. The largest absolute Gasteiger partial charge is 0.333 e. The lowest BCUT2D eigenvalue weighted by atomic mass is 10.00. The van der Waals surface area contributed by atoms with Crippen LogP contribution in [0.5, 0.6) is 0 Å². The lowest BCUT2D eigenvalue weighted by molar-refractivity contribution is 0.0751. The summed E-state index contributed by atoms with van der Waals surface area (Å²) in [6.45, 7) is 4.89. The maximum Gasteiger partial charge on any atom is 0.273 e. The topological polar surface area (TPSA) is 58.7 Å². The molecule has 2 aromatic rings. The monoisotopic (exact) mass is 323 g/mol. The molecule has 126 valence electrons. The highest BCUT2D eigenvalue weighted by atomic mass is 16.2. The van der Waals surface area contributed by atoms with Gasteiger partial charge in [-0.2, -0.15) is 5.10 Å². The van der Waals surface area contributed by atoms with E-state index in [0.717, 1.165) is 24.1 Å². The van der Waals surface area contributed by atoms with E-state index in [9.17, 15) is 4.79 Å². The number of hydrogen-bond donors (Lipinski definition) is 1. The molecule has 0 fully saturated rings. The van der Waals surface area contributed by atoms with Gasteiger partial charge in [-0.25, -0.2) is 5.01 Å². The number of amides is 1. The molecule has 3 rings (SSSR count). The highest BCUT2D eigenvalue weighted by molar-refractivity contribution is 6.03. The number of carbonyl (C=O) groups excluding carboxylic acids is 1. The zero-order valence-electron chi connectivity index (χ0n) is 14.6. The normalized spacial score (nSPS) is 13.7. The first-order valence-corrected chi connectivity index (χ1v) is 8.25. The number of hydrazone groups is 1. The maximum absolute atomic E-state index is 12.5. The van der Waals surface area contributed by atoms with E-state index in [1.165, 1.54) is 18.2 Å². The van der Waals surface area contributed by atoms with Crippen LogP contribution in [0.15, 0.2) is 53.6 Å². The Morgan fingerprint density at radius 1 is 1.04 bits per heavy atom. The number of carbonyl (C=O) groups is 1. The molecule has 4 nitrogen and oxygen atoms in total. The van der Waals surface area contributed by atoms with Crippen LogP contribution >= 0.6 is 0 Å². The summed E-state index contributed by atoms with van der Waals surface area (Å²) in [4.78, 5) is 12.5. The summed E-state index contributed by atoms with van der Waals surface area (Å²) in [6.07, 6.45) is 1.87. The molecule has 1 heterocycles. The average molecular weight is 323 g/mol. The van der Waals surface area contributed by atoms with Gasteiger partial charge in [-0.05, 0) is 68.6 Å². The highest BCUT2D eigenvalue weighted by Gasteiger charge is 2.20. The van der Waals surface area contributed by atoms with Gasteiger partial charge < -0.3 is 5.73 Å².